The average molecular weight is 373 g/mol. The zero-order chi connectivity index (χ0) is 19.9. The van der Waals surface area contributed by atoms with E-state index < -0.39 is 23.8 Å². The number of hydrogen-bond acceptors (Lipinski definition) is 5. The molecule has 1 aromatic carbocycles. The molecule has 0 aromatic heterocycles. The van der Waals surface area contributed by atoms with Gasteiger partial charge >= 0.3 is 5.97 Å². The number of ether oxygens (including phenoxy) is 2. The summed E-state index contributed by atoms with van der Waals surface area (Å²) in [6.45, 7) is 7.32. The number of ketones is 1. The number of allylic oxidation sites excluding steroid dienone is 2. The lowest BCUT2D eigenvalue weighted by molar-refractivity contribution is -0.143. The molecule has 0 radical (unpaired) electrons. The van der Waals surface area contributed by atoms with Crippen LogP contribution in [0.2, 0.25) is 0 Å². The molecule has 1 aromatic rings. The molecule has 1 atom stereocenters. The summed E-state index contributed by atoms with van der Waals surface area (Å²) in [7, 11) is 0. The number of nitrogens with two attached hydrogens (primary N) is 1. The largest absolute Gasteiger partial charge is 0.459 e. The van der Waals surface area contributed by atoms with Crippen LogP contribution in [0, 0.1) is 11.2 Å². The summed E-state index contributed by atoms with van der Waals surface area (Å²) in [4.78, 5) is 25.7. The molecule has 0 bridgehead atoms. The lowest BCUT2D eigenvalue weighted by atomic mass is 9.70. The van der Waals surface area contributed by atoms with Gasteiger partial charge in [0.25, 0.3) is 0 Å². The first-order valence-electron chi connectivity index (χ1n) is 9.00. The Morgan fingerprint density at radius 2 is 1.96 bits per heavy atom. The summed E-state index contributed by atoms with van der Waals surface area (Å²) in [6.07, 6.45) is 0.370. The van der Waals surface area contributed by atoms with Gasteiger partial charge in [0.05, 0.1) is 12.0 Å². The molecule has 3 rings (SSSR count). The SMILES string of the molecule is CC(C)OC(=O)C1=C(N)OC2=C(C(=O)CC(C)(C)C2)C1c1ccccc1F. The van der Waals surface area contributed by atoms with Gasteiger partial charge in [-0.3, -0.25) is 4.79 Å². The molecule has 0 fully saturated rings. The molecule has 1 heterocycles. The Morgan fingerprint density at radius 3 is 2.59 bits per heavy atom. The van der Waals surface area contributed by atoms with Crippen molar-refractivity contribution in [2.45, 2.75) is 52.6 Å². The van der Waals surface area contributed by atoms with Crippen LogP contribution < -0.4 is 5.73 Å². The van der Waals surface area contributed by atoms with Gasteiger partial charge in [0.1, 0.15) is 17.1 Å². The van der Waals surface area contributed by atoms with E-state index in [0.29, 0.717) is 17.8 Å². The maximum absolute atomic E-state index is 14.6. The van der Waals surface area contributed by atoms with E-state index in [9.17, 15) is 14.0 Å². The Kier molecular flexibility index (Phi) is 4.84. The second-order valence-corrected chi connectivity index (χ2v) is 8.07. The van der Waals surface area contributed by atoms with E-state index in [4.69, 9.17) is 15.2 Å². The number of rotatable bonds is 3. The van der Waals surface area contributed by atoms with Crippen LogP contribution in [0.25, 0.3) is 0 Å². The molecule has 27 heavy (non-hydrogen) atoms. The van der Waals surface area contributed by atoms with E-state index in [2.05, 4.69) is 0 Å². The van der Waals surface area contributed by atoms with Gasteiger partial charge < -0.3 is 15.2 Å². The summed E-state index contributed by atoms with van der Waals surface area (Å²) in [5.41, 5.74) is 6.24. The maximum atomic E-state index is 14.6. The Labute approximate surface area is 158 Å². The lowest BCUT2D eigenvalue weighted by Crippen LogP contribution is -2.36. The van der Waals surface area contributed by atoms with E-state index >= 15 is 0 Å². The van der Waals surface area contributed by atoms with Crippen LogP contribution in [0.3, 0.4) is 0 Å². The van der Waals surface area contributed by atoms with Crippen LogP contribution in [0.5, 0.6) is 0 Å². The van der Waals surface area contributed by atoms with Gasteiger partial charge in [-0.1, -0.05) is 32.0 Å². The van der Waals surface area contributed by atoms with Crippen molar-refractivity contribution in [3.63, 3.8) is 0 Å². The predicted molar refractivity (Wildman–Crippen MR) is 97.7 cm³/mol. The van der Waals surface area contributed by atoms with Gasteiger partial charge in [-0.2, -0.15) is 0 Å². The first-order valence-corrected chi connectivity index (χ1v) is 9.00. The van der Waals surface area contributed by atoms with Crippen molar-refractivity contribution in [2.24, 2.45) is 11.1 Å². The Morgan fingerprint density at radius 1 is 1.30 bits per heavy atom. The van der Waals surface area contributed by atoms with Crippen molar-refractivity contribution in [1.82, 2.24) is 0 Å². The molecule has 5 nitrogen and oxygen atoms in total. The number of Topliss-reactive ketones (excluding diaryl/α,β-unsaturated/α-hetero) is 1. The number of halogens is 1. The van der Waals surface area contributed by atoms with Crippen molar-refractivity contribution in [2.75, 3.05) is 0 Å². The number of esters is 1. The minimum atomic E-state index is -0.940. The summed E-state index contributed by atoms with van der Waals surface area (Å²) < 4.78 is 25.6. The topological polar surface area (TPSA) is 78.6 Å². The molecule has 2 N–H and O–H groups in total. The normalized spacial score (nSPS) is 21.9. The molecular weight excluding hydrogens is 349 g/mol. The first-order chi connectivity index (χ1) is 12.6. The molecule has 2 aliphatic rings. The highest BCUT2D eigenvalue weighted by Crippen LogP contribution is 2.48. The van der Waals surface area contributed by atoms with Crippen LogP contribution in [0.15, 0.2) is 47.1 Å². The minimum absolute atomic E-state index is 0.0272. The number of carbonyl (C=O) groups is 2. The highest BCUT2D eigenvalue weighted by molar-refractivity contribution is 6.03. The van der Waals surface area contributed by atoms with Crippen molar-refractivity contribution < 1.29 is 23.5 Å². The molecule has 0 spiro atoms. The highest BCUT2D eigenvalue weighted by Gasteiger charge is 2.45. The molecule has 0 saturated heterocycles. The summed E-state index contributed by atoms with van der Waals surface area (Å²) >= 11 is 0. The maximum Gasteiger partial charge on any atom is 0.340 e. The van der Waals surface area contributed by atoms with Crippen molar-refractivity contribution in [3.05, 3.63) is 58.4 Å². The monoisotopic (exact) mass is 373 g/mol. The molecule has 1 aliphatic heterocycles. The third-order valence-corrected chi connectivity index (χ3v) is 4.73. The van der Waals surface area contributed by atoms with Crippen molar-refractivity contribution >= 4 is 11.8 Å². The van der Waals surface area contributed by atoms with Crippen LogP contribution in [0.1, 0.15) is 52.0 Å². The second-order valence-electron chi connectivity index (χ2n) is 8.07. The highest BCUT2D eigenvalue weighted by atomic mass is 19.1. The summed E-state index contributed by atoms with van der Waals surface area (Å²) in [5, 5.41) is 0. The van der Waals surface area contributed by atoms with E-state index in [1.807, 2.05) is 13.8 Å². The number of hydrogen-bond donors (Lipinski definition) is 1. The minimum Gasteiger partial charge on any atom is -0.459 e. The fourth-order valence-electron chi connectivity index (χ4n) is 3.68. The van der Waals surface area contributed by atoms with Crippen molar-refractivity contribution in [1.29, 1.82) is 0 Å². The van der Waals surface area contributed by atoms with E-state index in [-0.39, 0.29) is 34.6 Å². The quantitative estimate of drug-likeness (QED) is 0.817. The Balaban J connectivity index is 2.19. The number of carbonyl (C=O) groups excluding carboxylic acids is 2. The van der Waals surface area contributed by atoms with Crippen LogP contribution in [0.4, 0.5) is 4.39 Å². The Bertz CT molecular complexity index is 867. The van der Waals surface area contributed by atoms with E-state index in [1.165, 1.54) is 6.07 Å². The average Bonchev–Trinajstić information content (AvgIpc) is 2.51. The Hall–Kier alpha value is -2.63. The third kappa shape index (κ3) is 3.61. The smallest absolute Gasteiger partial charge is 0.340 e. The zero-order valence-electron chi connectivity index (χ0n) is 16.0. The molecule has 6 heteroatoms. The van der Waals surface area contributed by atoms with Gasteiger partial charge in [-0.25, -0.2) is 9.18 Å². The number of benzene rings is 1. The van der Waals surface area contributed by atoms with Gasteiger partial charge in [-0.05, 0) is 25.3 Å². The third-order valence-electron chi connectivity index (χ3n) is 4.73. The zero-order valence-corrected chi connectivity index (χ0v) is 16.0. The van der Waals surface area contributed by atoms with Crippen molar-refractivity contribution in [3.8, 4) is 0 Å². The standard InChI is InChI=1S/C21H24FNO4/c1-11(2)26-20(25)18-16(12-7-5-6-8-13(12)22)17-14(24)9-21(3,4)10-15(17)27-19(18)23/h5-8,11,16H,9-10,23H2,1-4H3. The molecule has 144 valence electrons. The predicted octanol–water partition coefficient (Wildman–Crippen LogP) is 3.70. The van der Waals surface area contributed by atoms with Gasteiger partial charge in [-0.15, -0.1) is 0 Å². The molecular formula is C21H24FNO4. The fraction of sp³-hybridized carbons (Fsp3) is 0.429. The van der Waals surface area contributed by atoms with Crippen LogP contribution in [-0.4, -0.2) is 17.9 Å². The molecule has 0 amide bonds. The van der Waals surface area contributed by atoms with Crippen LogP contribution >= 0.6 is 0 Å². The molecule has 1 aliphatic carbocycles. The van der Waals surface area contributed by atoms with E-state index in [0.717, 1.165) is 0 Å². The summed E-state index contributed by atoms with van der Waals surface area (Å²) in [6, 6.07) is 6.06. The first kappa shape index (κ1) is 19.1. The lowest BCUT2D eigenvalue weighted by Gasteiger charge is -2.38. The van der Waals surface area contributed by atoms with E-state index in [1.54, 1.807) is 32.0 Å². The fourth-order valence-corrected chi connectivity index (χ4v) is 3.68. The van der Waals surface area contributed by atoms with Gasteiger partial charge in [0, 0.05) is 24.0 Å². The molecule has 0 saturated carbocycles. The van der Waals surface area contributed by atoms with Gasteiger partial charge in [0.15, 0.2) is 5.78 Å². The molecule has 1 unspecified atom stereocenters. The summed E-state index contributed by atoms with van der Waals surface area (Å²) in [5.74, 6) is -2.07. The second kappa shape index (κ2) is 6.83. The van der Waals surface area contributed by atoms with Gasteiger partial charge in [0.2, 0.25) is 5.88 Å². The van der Waals surface area contributed by atoms with Crippen LogP contribution in [-0.2, 0) is 19.1 Å².